The number of pyridine rings is 1. The molecule has 4 heteroatoms. The van der Waals surface area contributed by atoms with Crippen LogP contribution in [0.5, 0.6) is 0 Å². The van der Waals surface area contributed by atoms with Gasteiger partial charge in [-0.25, -0.2) is 0 Å². The van der Waals surface area contributed by atoms with E-state index < -0.39 is 0 Å². The molecule has 3 rings (SSSR count). The van der Waals surface area contributed by atoms with Crippen LogP contribution in [0.4, 0.5) is 0 Å². The van der Waals surface area contributed by atoms with Crippen molar-refractivity contribution in [2.24, 2.45) is 5.92 Å². The van der Waals surface area contributed by atoms with Crippen LogP contribution < -0.4 is 10.9 Å². The molecule has 0 bridgehead atoms. The van der Waals surface area contributed by atoms with Crippen LogP contribution in [0.25, 0.3) is 0 Å². The third-order valence-corrected chi connectivity index (χ3v) is 3.88. The van der Waals surface area contributed by atoms with Crippen LogP contribution in [0, 0.1) is 5.92 Å². The van der Waals surface area contributed by atoms with Gasteiger partial charge in [0.2, 0.25) is 0 Å². The van der Waals surface area contributed by atoms with Crippen molar-refractivity contribution in [2.75, 3.05) is 13.2 Å². The van der Waals surface area contributed by atoms with Crippen molar-refractivity contribution in [3.63, 3.8) is 0 Å². The summed E-state index contributed by atoms with van der Waals surface area (Å²) >= 11 is 0. The van der Waals surface area contributed by atoms with E-state index in [1.165, 1.54) is 12.8 Å². The van der Waals surface area contributed by atoms with E-state index in [0.29, 0.717) is 12.1 Å². The maximum Gasteiger partial charge on any atom is 0.250 e. The Morgan fingerprint density at radius 2 is 2.22 bits per heavy atom. The molecule has 1 saturated carbocycles. The SMILES string of the molecule is O=c1ccccn1CCNC1CCOC1C1CC1. The lowest BCUT2D eigenvalue weighted by molar-refractivity contribution is 0.0810. The molecule has 1 aliphatic heterocycles. The molecule has 1 aromatic heterocycles. The second kappa shape index (κ2) is 5.24. The van der Waals surface area contributed by atoms with Crippen molar-refractivity contribution >= 4 is 0 Å². The number of nitrogens with zero attached hydrogens (tertiary/aromatic N) is 1. The van der Waals surface area contributed by atoms with E-state index in [0.717, 1.165) is 32.0 Å². The summed E-state index contributed by atoms with van der Waals surface area (Å²) in [5.74, 6) is 0.782. The summed E-state index contributed by atoms with van der Waals surface area (Å²) in [5, 5.41) is 3.54. The Morgan fingerprint density at radius 1 is 1.33 bits per heavy atom. The van der Waals surface area contributed by atoms with Crippen molar-refractivity contribution in [3.8, 4) is 0 Å². The Morgan fingerprint density at radius 3 is 3.00 bits per heavy atom. The first-order chi connectivity index (χ1) is 8.84. The largest absolute Gasteiger partial charge is 0.376 e. The number of aromatic nitrogens is 1. The highest BCUT2D eigenvalue weighted by Gasteiger charge is 2.40. The monoisotopic (exact) mass is 248 g/mol. The van der Waals surface area contributed by atoms with Crippen LogP contribution >= 0.6 is 0 Å². The summed E-state index contributed by atoms with van der Waals surface area (Å²) in [6.07, 6.45) is 6.00. The molecule has 2 unspecified atom stereocenters. The fourth-order valence-electron chi connectivity index (χ4n) is 2.73. The van der Waals surface area contributed by atoms with Crippen molar-refractivity contribution in [1.29, 1.82) is 0 Å². The predicted molar refractivity (Wildman–Crippen MR) is 69.6 cm³/mol. The van der Waals surface area contributed by atoms with Crippen LogP contribution in [-0.4, -0.2) is 29.9 Å². The maximum atomic E-state index is 11.5. The van der Waals surface area contributed by atoms with Crippen LogP contribution in [0.3, 0.4) is 0 Å². The van der Waals surface area contributed by atoms with Gasteiger partial charge in [-0.05, 0) is 31.2 Å². The standard InChI is InChI=1S/C14H20N2O2/c17-13-3-1-2-8-16(13)9-7-15-12-6-10-18-14(12)11-4-5-11/h1-3,8,11-12,14-15H,4-7,9-10H2. The molecule has 0 radical (unpaired) electrons. The quantitative estimate of drug-likeness (QED) is 0.845. The minimum Gasteiger partial charge on any atom is -0.376 e. The topological polar surface area (TPSA) is 43.3 Å². The van der Waals surface area contributed by atoms with Gasteiger partial charge in [0.05, 0.1) is 6.10 Å². The molecule has 1 N–H and O–H groups in total. The van der Waals surface area contributed by atoms with E-state index in [2.05, 4.69) is 5.32 Å². The number of ether oxygens (including phenoxy) is 1. The van der Waals surface area contributed by atoms with Gasteiger partial charge in [-0.15, -0.1) is 0 Å². The third kappa shape index (κ3) is 2.65. The van der Waals surface area contributed by atoms with Gasteiger partial charge in [-0.2, -0.15) is 0 Å². The minimum absolute atomic E-state index is 0.0701. The Hall–Kier alpha value is -1.13. The molecule has 2 fully saturated rings. The molecule has 0 amide bonds. The summed E-state index contributed by atoms with van der Waals surface area (Å²) in [6.45, 7) is 2.44. The Kier molecular flexibility index (Phi) is 3.48. The van der Waals surface area contributed by atoms with Crippen LogP contribution in [0.1, 0.15) is 19.3 Å². The van der Waals surface area contributed by atoms with E-state index in [4.69, 9.17) is 4.74 Å². The third-order valence-electron chi connectivity index (χ3n) is 3.88. The first kappa shape index (κ1) is 11.9. The van der Waals surface area contributed by atoms with E-state index >= 15 is 0 Å². The summed E-state index contributed by atoms with van der Waals surface area (Å²) in [7, 11) is 0. The number of hydrogen-bond donors (Lipinski definition) is 1. The van der Waals surface area contributed by atoms with Gasteiger partial charge in [0.25, 0.3) is 5.56 Å². The number of nitrogens with one attached hydrogen (secondary N) is 1. The lowest BCUT2D eigenvalue weighted by atomic mass is 10.1. The van der Waals surface area contributed by atoms with Crippen molar-refractivity contribution in [2.45, 2.75) is 38.0 Å². The molecule has 2 aliphatic rings. The minimum atomic E-state index is 0.0701. The van der Waals surface area contributed by atoms with Crippen molar-refractivity contribution in [3.05, 3.63) is 34.7 Å². The van der Waals surface area contributed by atoms with Crippen LogP contribution in [-0.2, 0) is 11.3 Å². The van der Waals surface area contributed by atoms with Crippen LogP contribution in [0.2, 0.25) is 0 Å². The van der Waals surface area contributed by atoms with Gasteiger partial charge in [0.15, 0.2) is 0 Å². The smallest absolute Gasteiger partial charge is 0.250 e. The fourth-order valence-corrected chi connectivity index (χ4v) is 2.73. The summed E-state index contributed by atoms with van der Waals surface area (Å²) in [5.41, 5.74) is 0.0701. The molecule has 98 valence electrons. The fraction of sp³-hybridized carbons (Fsp3) is 0.643. The molecular weight excluding hydrogens is 228 g/mol. The molecule has 4 nitrogen and oxygen atoms in total. The van der Waals surface area contributed by atoms with Crippen molar-refractivity contribution < 1.29 is 4.74 Å². The highest BCUT2D eigenvalue weighted by atomic mass is 16.5. The zero-order valence-corrected chi connectivity index (χ0v) is 10.5. The zero-order chi connectivity index (χ0) is 12.4. The predicted octanol–water partition coefficient (Wildman–Crippen LogP) is 1.01. The number of rotatable bonds is 5. The molecule has 0 aromatic carbocycles. The van der Waals surface area contributed by atoms with Gasteiger partial charge in [0.1, 0.15) is 0 Å². The lowest BCUT2D eigenvalue weighted by Crippen LogP contribution is -2.40. The molecule has 18 heavy (non-hydrogen) atoms. The normalized spacial score (nSPS) is 27.6. The second-order valence-corrected chi connectivity index (χ2v) is 5.25. The van der Waals surface area contributed by atoms with E-state index in [1.807, 2.05) is 12.3 Å². The lowest BCUT2D eigenvalue weighted by Gasteiger charge is -2.19. The first-order valence-corrected chi connectivity index (χ1v) is 6.85. The molecular formula is C14H20N2O2. The van der Waals surface area contributed by atoms with Crippen molar-refractivity contribution in [1.82, 2.24) is 9.88 Å². The van der Waals surface area contributed by atoms with E-state index in [1.54, 1.807) is 16.7 Å². The molecule has 1 aromatic rings. The van der Waals surface area contributed by atoms with E-state index in [9.17, 15) is 4.79 Å². The van der Waals surface area contributed by atoms with Gasteiger partial charge in [0, 0.05) is 38.0 Å². The van der Waals surface area contributed by atoms with E-state index in [-0.39, 0.29) is 5.56 Å². The van der Waals surface area contributed by atoms with Gasteiger partial charge < -0.3 is 14.6 Å². The molecule has 1 aliphatic carbocycles. The Balaban J connectivity index is 1.49. The molecule has 0 spiro atoms. The Labute approximate surface area is 107 Å². The summed E-state index contributed by atoms with van der Waals surface area (Å²) in [6, 6.07) is 5.76. The maximum absolute atomic E-state index is 11.5. The zero-order valence-electron chi connectivity index (χ0n) is 10.5. The second-order valence-electron chi connectivity index (χ2n) is 5.25. The van der Waals surface area contributed by atoms with Gasteiger partial charge in [-0.1, -0.05) is 6.07 Å². The van der Waals surface area contributed by atoms with Crippen LogP contribution in [0.15, 0.2) is 29.2 Å². The molecule has 2 heterocycles. The first-order valence-electron chi connectivity index (χ1n) is 6.85. The Bertz CT molecular complexity index is 453. The number of hydrogen-bond acceptors (Lipinski definition) is 3. The molecule has 2 atom stereocenters. The summed E-state index contributed by atoms with van der Waals surface area (Å²) < 4.78 is 7.53. The molecule has 1 saturated heterocycles. The van der Waals surface area contributed by atoms with Gasteiger partial charge >= 0.3 is 0 Å². The average molecular weight is 248 g/mol. The highest BCUT2D eigenvalue weighted by Crippen LogP contribution is 2.38. The summed E-state index contributed by atoms with van der Waals surface area (Å²) in [4.78, 5) is 11.5. The average Bonchev–Trinajstić information content (AvgIpc) is 3.12. The van der Waals surface area contributed by atoms with Gasteiger partial charge in [-0.3, -0.25) is 4.79 Å². The highest BCUT2D eigenvalue weighted by molar-refractivity contribution is 4.95.